The van der Waals surface area contributed by atoms with Crippen LogP contribution in [0.15, 0.2) is 170 Å². The average Bonchev–Trinajstić information content (AvgIpc) is 3.19. The van der Waals surface area contributed by atoms with Gasteiger partial charge in [0.05, 0.1) is 54.7 Å². The summed E-state index contributed by atoms with van der Waals surface area (Å²) in [5.41, 5.74) is 4.30. The fourth-order valence-corrected chi connectivity index (χ4v) is 16.9. The first kappa shape index (κ1) is 43.6. The van der Waals surface area contributed by atoms with Crippen molar-refractivity contribution >= 4 is 56.0 Å². The first-order chi connectivity index (χ1) is 25.8. The minimum Gasteiger partial charge on any atom is -0.535 e. The van der Waals surface area contributed by atoms with E-state index >= 15 is 0 Å². The van der Waals surface area contributed by atoms with E-state index in [2.05, 4.69) is 216 Å². The number of aryl methyl sites for hydroxylation is 2. The van der Waals surface area contributed by atoms with Crippen molar-refractivity contribution in [1.29, 1.82) is 0 Å². The van der Waals surface area contributed by atoms with E-state index in [-0.39, 0.29) is 16.5 Å². The zero-order valence-corrected chi connectivity index (χ0v) is 36.8. The van der Waals surface area contributed by atoms with E-state index in [0.717, 1.165) is 6.42 Å². The van der Waals surface area contributed by atoms with Crippen molar-refractivity contribution in [3.8, 4) is 0 Å². The van der Waals surface area contributed by atoms with E-state index < -0.39 is 23.8 Å². The van der Waals surface area contributed by atoms with Gasteiger partial charge in [0.2, 0.25) is 0 Å². The maximum absolute atomic E-state index is 3.43. The van der Waals surface area contributed by atoms with E-state index in [1.165, 1.54) is 69.1 Å². The molecule has 6 aromatic rings. The van der Waals surface area contributed by atoms with Gasteiger partial charge in [0.15, 0.2) is 0 Å². The molecule has 6 aromatic carbocycles. The van der Waals surface area contributed by atoms with E-state index in [0.29, 0.717) is 5.41 Å². The third kappa shape index (κ3) is 14.2. The van der Waals surface area contributed by atoms with Crippen LogP contribution in [-0.4, -0.2) is 24.6 Å². The molecule has 0 heterocycles. The Morgan fingerprint density at radius 1 is 0.444 bits per heavy atom. The van der Waals surface area contributed by atoms with Crippen LogP contribution in [0.5, 0.6) is 0 Å². The van der Waals surface area contributed by atoms with Gasteiger partial charge in [-0.1, -0.05) is 136 Å². The number of nitrogens with one attached hydrogen (secondary N) is 1. The predicted octanol–water partition coefficient (Wildman–Crippen LogP) is 11.0. The quantitative estimate of drug-likeness (QED) is 0.0471. The van der Waals surface area contributed by atoms with Crippen molar-refractivity contribution in [3.05, 3.63) is 188 Å². The maximum Gasteiger partial charge on any atom is 3.00 e. The van der Waals surface area contributed by atoms with Crippen LogP contribution < -0.4 is 31.8 Å². The average molecular weight is 815 g/mol. The van der Waals surface area contributed by atoms with Gasteiger partial charge in [0, 0.05) is 13.6 Å². The van der Waals surface area contributed by atoms with E-state index in [4.69, 9.17) is 0 Å². The normalized spacial score (nSPS) is 11.2. The van der Waals surface area contributed by atoms with Crippen LogP contribution in [0.2, 0.25) is 0 Å². The summed E-state index contributed by atoms with van der Waals surface area (Å²) in [5, 5.41) is 11.2. The monoisotopic (exact) mass is 813 g/mol. The van der Waals surface area contributed by atoms with Gasteiger partial charge in [-0.15, -0.1) is 0 Å². The molecule has 0 spiro atoms. The minimum atomic E-state index is -0.809. The molecular weight excluding hydrogens is 754 g/mol. The summed E-state index contributed by atoms with van der Waals surface area (Å²) in [6.45, 7) is 13.3. The third-order valence-electron chi connectivity index (χ3n) is 9.79. The first-order valence-electron chi connectivity index (χ1n) is 19.3. The van der Waals surface area contributed by atoms with Crippen LogP contribution in [0.1, 0.15) is 44.7 Å². The third-order valence-corrected chi connectivity index (χ3v) is 19.3. The summed E-state index contributed by atoms with van der Waals surface area (Å²) in [7, 11) is -2.31. The Labute approximate surface area is 341 Å². The molecule has 0 bridgehead atoms. The molecule has 54 heavy (non-hydrogen) atoms. The van der Waals surface area contributed by atoms with Crippen molar-refractivity contribution in [3.63, 3.8) is 0 Å². The Balaban J connectivity index is 0.000000323. The zero-order valence-electron chi connectivity index (χ0n) is 32.8. The maximum atomic E-state index is 3.43. The van der Waals surface area contributed by atoms with Crippen molar-refractivity contribution in [2.24, 2.45) is 5.41 Å². The molecule has 0 atom stereocenters. The van der Waals surface area contributed by atoms with Crippen molar-refractivity contribution < 1.29 is 16.5 Å². The summed E-state index contributed by atoms with van der Waals surface area (Å²) in [6, 6.07) is 62.8. The fraction of sp³-hybridized carbons (Fsp3) is 0.245. The van der Waals surface area contributed by atoms with Gasteiger partial charge >= 0.3 is 16.5 Å². The molecular formula is C49H60NNiP3+5. The summed E-state index contributed by atoms with van der Waals surface area (Å²) >= 11 is 0. The molecule has 0 aromatic heterocycles. The molecule has 0 amide bonds. The molecule has 281 valence electrons. The Morgan fingerprint density at radius 2 is 0.778 bits per heavy atom. The van der Waals surface area contributed by atoms with E-state index in [1.54, 1.807) is 5.30 Å². The summed E-state index contributed by atoms with van der Waals surface area (Å²) in [6.07, 6.45) is 7.56. The van der Waals surface area contributed by atoms with Crippen LogP contribution in [0, 0.1) is 25.8 Å². The number of rotatable bonds is 15. The molecule has 1 N–H and O–H groups in total. The number of anilines is 1. The molecule has 0 aliphatic rings. The van der Waals surface area contributed by atoms with Crippen LogP contribution in [0.4, 0.5) is 5.69 Å². The SMILES string of the molecule is Cc1cccc(C)c1N[CH-]CCC(C)(C)C.[Ni+3].c1ccc([PH+](CC[PH+](c2ccccc2)c2ccccc2)CC[PH+](c2ccccc2)c2ccccc2)cc1. The molecule has 6 rings (SSSR count). The van der Waals surface area contributed by atoms with Gasteiger partial charge in [0.1, 0.15) is 12.3 Å². The van der Waals surface area contributed by atoms with Gasteiger partial charge in [-0.05, 0) is 91.1 Å². The number of benzene rings is 6. The van der Waals surface area contributed by atoms with Crippen LogP contribution in [0.25, 0.3) is 0 Å². The summed E-state index contributed by atoms with van der Waals surface area (Å²) in [4.78, 5) is 0. The molecule has 0 saturated heterocycles. The van der Waals surface area contributed by atoms with Crippen molar-refractivity contribution in [2.45, 2.75) is 47.5 Å². The standard InChI is InChI=1S/C34H33P3.C15H24N.Ni/c1-6-16-30(17-7-1)35(26-28-36(31-18-8-2-9-19-31)32-20-10-3-11-21-32)27-29-37(33-22-12-4-13-23-33)34-24-14-5-15-25-34;1-12-8-6-9-13(2)14(12)16-11-7-10-15(3,4)5;/h1-25H,26-29H2;6,8-9,11,16H,7,10H2,1-5H3;/q;-1;+3/p+3. The van der Waals surface area contributed by atoms with Gasteiger partial charge in [0.25, 0.3) is 0 Å². The Hall–Kier alpha value is -3.10. The number of para-hydroxylation sites is 1. The van der Waals surface area contributed by atoms with Gasteiger partial charge < -0.3 is 5.32 Å². The van der Waals surface area contributed by atoms with Crippen LogP contribution in [-0.2, 0) is 16.5 Å². The number of hydrogen-bond acceptors (Lipinski definition) is 1. The Bertz CT molecular complexity index is 1700. The molecule has 1 radical (unpaired) electrons. The van der Waals surface area contributed by atoms with Gasteiger partial charge in [-0.25, -0.2) is 6.54 Å². The van der Waals surface area contributed by atoms with E-state index in [1.807, 2.05) is 0 Å². The first-order valence-corrected chi connectivity index (χ1v) is 24.6. The largest absolute Gasteiger partial charge is 3.00 e. The van der Waals surface area contributed by atoms with Crippen LogP contribution in [0.3, 0.4) is 0 Å². The topological polar surface area (TPSA) is 12.0 Å². The molecule has 0 unspecified atom stereocenters. The van der Waals surface area contributed by atoms with E-state index in [9.17, 15) is 0 Å². The molecule has 0 saturated carbocycles. The zero-order chi connectivity index (χ0) is 37.3. The predicted molar refractivity (Wildman–Crippen MR) is 247 cm³/mol. The van der Waals surface area contributed by atoms with Crippen molar-refractivity contribution in [2.75, 3.05) is 30.0 Å². The molecule has 0 fully saturated rings. The number of hydrogen-bond donors (Lipinski definition) is 1. The summed E-state index contributed by atoms with van der Waals surface area (Å²) in [5.74, 6) is 0. The second-order valence-electron chi connectivity index (χ2n) is 15.1. The molecule has 0 aliphatic carbocycles. The van der Waals surface area contributed by atoms with Gasteiger partial charge in [-0.3, -0.25) is 0 Å². The second kappa shape index (κ2) is 23.1. The van der Waals surface area contributed by atoms with Crippen LogP contribution >= 0.6 is 23.8 Å². The molecule has 1 nitrogen and oxygen atoms in total. The van der Waals surface area contributed by atoms with Crippen molar-refractivity contribution in [1.82, 2.24) is 0 Å². The smallest absolute Gasteiger partial charge is 0.535 e. The molecule has 0 aliphatic heterocycles. The summed E-state index contributed by atoms with van der Waals surface area (Å²) < 4.78 is 0. The Morgan fingerprint density at radius 3 is 1.11 bits per heavy atom. The Kier molecular flexibility index (Phi) is 18.7. The molecule has 5 heteroatoms. The second-order valence-corrected chi connectivity index (χ2v) is 23.1. The minimum absolute atomic E-state index is 0. The fourth-order valence-electron chi connectivity index (χ4n) is 6.83. The van der Waals surface area contributed by atoms with Gasteiger partial charge in [-0.2, -0.15) is 6.42 Å².